The van der Waals surface area contributed by atoms with Crippen LogP contribution in [-0.4, -0.2) is 30.3 Å². The summed E-state index contributed by atoms with van der Waals surface area (Å²) in [7, 11) is 0. The summed E-state index contributed by atoms with van der Waals surface area (Å²) in [4.78, 5) is 12.9. The van der Waals surface area contributed by atoms with Gasteiger partial charge in [0.15, 0.2) is 11.5 Å². The maximum atomic E-state index is 12.9. The van der Waals surface area contributed by atoms with Crippen molar-refractivity contribution in [3.8, 4) is 5.69 Å². The van der Waals surface area contributed by atoms with Crippen LogP contribution in [0.15, 0.2) is 54.9 Å². The van der Waals surface area contributed by atoms with Gasteiger partial charge in [-0.15, -0.1) is 10.2 Å². The van der Waals surface area contributed by atoms with Crippen molar-refractivity contribution in [3.63, 3.8) is 0 Å². The summed E-state index contributed by atoms with van der Waals surface area (Å²) < 4.78 is 3.63. The molecule has 0 atom stereocenters. The van der Waals surface area contributed by atoms with Crippen molar-refractivity contribution in [2.75, 3.05) is 0 Å². The van der Waals surface area contributed by atoms with Gasteiger partial charge in [0.2, 0.25) is 0 Å². The highest BCUT2D eigenvalue weighted by Gasteiger charge is 2.21. The summed E-state index contributed by atoms with van der Waals surface area (Å²) >= 11 is 5.98. The zero-order valence-electron chi connectivity index (χ0n) is 15.5. The largest absolute Gasteiger partial charge is 0.345 e. The highest BCUT2D eigenvalue weighted by Crippen LogP contribution is 2.24. The molecule has 0 bridgehead atoms. The van der Waals surface area contributed by atoms with Crippen LogP contribution in [0.5, 0.6) is 0 Å². The Morgan fingerprint density at radius 2 is 1.93 bits per heavy atom. The summed E-state index contributed by atoms with van der Waals surface area (Å²) in [5.41, 5.74) is 2.98. The van der Waals surface area contributed by atoms with Crippen molar-refractivity contribution in [3.05, 3.63) is 77.0 Å². The van der Waals surface area contributed by atoms with Crippen LogP contribution in [0.2, 0.25) is 5.02 Å². The quantitative estimate of drug-likeness (QED) is 0.560. The van der Waals surface area contributed by atoms with Crippen LogP contribution < -0.4 is 5.32 Å². The number of rotatable bonds is 5. The Kier molecular flexibility index (Phi) is 4.83. The predicted octanol–water partition coefficient (Wildman–Crippen LogP) is 3.62. The van der Waals surface area contributed by atoms with Crippen LogP contribution in [0.4, 0.5) is 0 Å². The third-order valence-corrected chi connectivity index (χ3v) is 4.71. The molecule has 7 nitrogen and oxygen atoms in total. The fourth-order valence-corrected chi connectivity index (χ4v) is 3.27. The van der Waals surface area contributed by atoms with E-state index in [2.05, 4.69) is 20.6 Å². The van der Waals surface area contributed by atoms with Crippen LogP contribution in [-0.2, 0) is 6.54 Å². The maximum absolute atomic E-state index is 12.9. The van der Waals surface area contributed by atoms with Crippen molar-refractivity contribution >= 4 is 23.2 Å². The molecule has 1 N–H and O–H groups in total. The highest BCUT2D eigenvalue weighted by molar-refractivity contribution is 6.30. The molecular weight excluding hydrogens is 376 g/mol. The van der Waals surface area contributed by atoms with Gasteiger partial charge in [-0.25, -0.2) is 4.68 Å². The first-order valence-corrected chi connectivity index (χ1v) is 9.33. The molecule has 4 aromatic rings. The second-order valence-electron chi connectivity index (χ2n) is 6.71. The van der Waals surface area contributed by atoms with Gasteiger partial charge in [0.25, 0.3) is 5.91 Å². The Bertz CT molecular complexity index is 1130. The van der Waals surface area contributed by atoms with Gasteiger partial charge in [0, 0.05) is 11.2 Å². The number of pyridine rings is 1. The Hall–Kier alpha value is -3.19. The molecule has 0 aliphatic carbocycles. The van der Waals surface area contributed by atoms with E-state index < -0.39 is 0 Å². The molecule has 28 heavy (non-hydrogen) atoms. The lowest BCUT2D eigenvalue weighted by Crippen LogP contribution is -2.25. The van der Waals surface area contributed by atoms with Gasteiger partial charge in [-0.1, -0.05) is 31.5 Å². The highest BCUT2D eigenvalue weighted by atomic mass is 35.5. The van der Waals surface area contributed by atoms with E-state index in [0.717, 1.165) is 17.0 Å². The van der Waals surface area contributed by atoms with E-state index in [-0.39, 0.29) is 18.4 Å². The van der Waals surface area contributed by atoms with E-state index in [0.29, 0.717) is 16.4 Å². The van der Waals surface area contributed by atoms with E-state index >= 15 is 0 Å². The third kappa shape index (κ3) is 3.36. The van der Waals surface area contributed by atoms with Crippen LogP contribution >= 0.6 is 11.6 Å². The molecule has 0 aliphatic rings. The molecule has 1 aromatic carbocycles. The van der Waals surface area contributed by atoms with Crippen LogP contribution in [0, 0.1) is 0 Å². The maximum Gasteiger partial charge on any atom is 0.255 e. The van der Waals surface area contributed by atoms with Crippen molar-refractivity contribution in [1.82, 2.24) is 29.7 Å². The van der Waals surface area contributed by atoms with Crippen molar-refractivity contribution in [2.24, 2.45) is 0 Å². The number of aromatic nitrogens is 5. The van der Waals surface area contributed by atoms with Crippen LogP contribution in [0.3, 0.4) is 0 Å². The molecule has 142 valence electrons. The van der Waals surface area contributed by atoms with E-state index in [1.54, 1.807) is 23.0 Å². The van der Waals surface area contributed by atoms with E-state index in [9.17, 15) is 4.79 Å². The molecule has 0 unspecified atom stereocenters. The second kappa shape index (κ2) is 7.44. The molecule has 0 fully saturated rings. The summed E-state index contributed by atoms with van der Waals surface area (Å²) in [6, 6.07) is 13.0. The van der Waals surface area contributed by atoms with E-state index in [1.165, 1.54) is 0 Å². The first-order valence-electron chi connectivity index (χ1n) is 8.95. The van der Waals surface area contributed by atoms with Crippen LogP contribution in [0.1, 0.15) is 41.6 Å². The summed E-state index contributed by atoms with van der Waals surface area (Å²) in [6.45, 7) is 4.34. The minimum Gasteiger partial charge on any atom is -0.345 e. The average Bonchev–Trinajstić information content (AvgIpc) is 3.31. The van der Waals surface area contributed by atoms with Crippen molar-refractivity contribution < 1.29 is 4.79 Å². The lowest BCUT2D eigenvalue weighted by atomic mass is 10.1. The topological polar surface area (TPSA) is 77.1 Å². The van der Waals surface area contributed by atoms with Gasteiger partial charge in [-0.2, -0.15) is 5.10 Å². The van der Waals surface area contributed by atoms with Crippen molar-refractivity contribution in [1.29, 1.82) is 0 Å². The zero-order chi connectivity index (χ0) is 19.7. The van der Waals surface area contributed by atoms with E-state index in [4.69, 9.17) is 11.6 Å². The molecule has 1 amide bonds. The minimum atomic E-state index is -0.198. The number of nitrogens with one attached hydrogen (secondary N) is 1. The second-order valence-corrected chi connectivity index (χ2v) is 7.15. The molecule has 3 aromatic heterocycles. The number of nitrogens with zero attached hydrogens (tertiary/aromatic N) is 5. The van der Waals surface area contributed by atoms with Gasteiger partial charge < -0.3 is 5.32 Å². The molecular formula is C20H19ClN6O. The molecule has 0 radical (unpaired) electrons. The first kappa shape index (κ1) is 18.2. The Morgan fingerprint density at radius 1 is 1.14 bits per heavy atom. The van der Waals surface area contributed by atoms with Gasteiger partial charge in [0.05, 0.1) is 29.7 Å². The number of benzene rings is 1. The monoisotopic (exact) mass is 394 g/mol. The number of carbonyl (C=O) groups excluding carboxylic acids is 1. The van der Waals surface area contributed by atoms with E-state index in [1.807, 2.05) is 54.8 Å². The fraction of sp³-hybridized carbons (Fsp3) is 0.200. The number of fused-ring (bicyclic) bond motifs is 1. The third-order valence-electron chi connectivity index (χ3n) is 4.46. The SMILES string of the molecule is CC(C)c1c(C(=O)NCc2nnc3ccccn23)cnn1-c1ccc(Cl)cc1. The van der Waals surface area contributed by atoms with Gasteiger partial charge in [-0.05, 0) is 42.3 Å². The number of halogens is 1. The fourth-order valence-electron chi connectivity index (χ4n) is 3.14. The average molecular weight is 395 g/mol. The molecule has 0 aliphatic heterocycles. The molecule has 8 heteroatoms. The molecule has 0 saturated heterocycles. The Morgan fingerprint density at radius 3 is 2.68 bits per heavy atom. The van der Waals surface area contributed by atoms with Crippen molar-refractivity contribution in [2.45, 2.75) is 26.3 Å². The van der Waals surface area contributed by atoms with Gasteiger partial charge in [-0.3, -0.25) is 9.20 Å². The molecule has 3 heterocycles. The smallest absolute Gasteiger partial charge is 0.255 e. The summed E-state index contributed by atoms with van der Waals surface area (Å²) in [6.07, 6.45) is 3.47. The number of hydrogen-bond acceptors (Lipinski definition) is 4. The standard InChI is InChI=1S/C20H19ClN6O/c1-13(2)19-16(11-23-27(19)15-8-6-14(21)7-9-15)20(28)22-12-18-25-24-17-5-3-4-10-26(17)18/h3-11,13H,12H2,1-2H3,(H,22,28). The molecule has 0 saturated carbocycles. The number of amides is 1. The summed E-state index contributed by atoms with van der Waals surface area (Å²) in [5, 5.41) is 16.3. The zero-order valence-corrected chi connectivity index (χ0v) is 16.3. The number of hydrogen-bond donors (Lipinski definition) is 1. The van der Waals surface area contributed by atoms with Gasteiger partial charge >= 0.3 is 0 Å². The Labute approximate surface area is 167 Å². The lowest BCUT2D eigenvalue weighted by Gasteiger charge is -2.13. The number of carbonyl (C=O) groups is 1. The lowest BCUT2D eigenvalue weighted by molar-refractivity contribution is 0.0948. The summed E-state index contributed by atoms with van der Waals surface area (Å²) in [5.74, 6) is 0.574. The molecule has 0 spiro atoms. The Balaban J connectivity index is 1.59. The molecule has 4 rings (SSSR count). The predicted molar refractivity (Wildman–Crippen MR) is 107 cm³/mol. The van der Waals surface area contributed by atoms with Gasteiger partial charge in [0.1, 0.15) is 0 Å². The van der Waals surface area contributed by atoms with Crippen LogP contribution in [0.25, 0.3) is 11.3 Å². The first-order chi connectivity index (χ1) is 13.5. The normalized spacial score (nSPS) is 11.3. The minimum absolute atomic E-state index is 0.104.